The highest BCUT2D eigenvalue weighted by atomic mass is 16.5. The Labute approximate surface area is 111 Å². The number of para-hydroxylation sites is 1. The summed E-state index contributed by atoms with van der Waals surface area (Å²) in [5, 5.41) is 2.96. The molecule has 1 aromatic carbocycles. The highest BCUT2D eigenvalue weighted by Crippen LogP contribution is 2.22. The van der Waals surface area contributed by atoms with Crippen molar-refractivity contribution in [1.29, 1.82) is 0 Å². The molecular formula is C14H15NO4. The molecule has 5 nitrogen and oxygen atoms in total. The van der Waals surface area contributed by atoms with Gasteiger partial charge >= 0.3 is 5.97 Å². The maximum Gasteiger partial charge on any atom is 0.347 e. The van der Waals surface area contributed by atoms with Crippen LogP contribution in [-0.4, -0.2) is 25.0 Å². The Morgan fingerprint density at radius 1 is 1.42 bits per heavy atom. The number of Topliss-reactive ketones (excluding diaryl/α,β-unsaturated/α-hetero) is 1. The van der Waals surface area contributed by atoms with E-state index in [9.17, 15) is 9.59 Å². The molecule has 2 rings (SSSR count). The van der Waals surface area contributed by atoms with E-state index in [1.54, 1.807) is 6.92 Å². The van der Waals surface area contributed by atoms with Gasteiger partial charge in [-0.25, -0.2) is 4.79 Å². The Hall–Kier alpha value is -2.30. The van der Waals surface area contributed by atoms with E-state index in [0.29, 0.717) is 0 Å². The van der Waals surface area contributed by atoms with E-state index in [1.165, 1.54) is 0 Å². The van der Waals surface area contributed by atoms with Crippen molar-refractivity contribution < 1.29 is 19.1 Å². The molecular weight excluding hydrogens is 246 g/mol. The van der Waals surface area contributed by atoms with Gasteiger partial charge in [-0.2, -0.15) is 0 Å². The number of ketones is 1. The Kier molecular flexibility index (Phi) is 3.85. The van der Waals surface area contributed by atoms with Crippen LogP contribution in [0.25, 0.3) is 0 Å². The smallest absolute Gasteiger partial charge is 0.347 e. The zero-order valence-corrected chi connectivity index (χ0v) is 10.9. The highest BCUT2D eigenvalue weighted by Gasteiger charge is 2.32. The predicted octanol–water partition coefficient (Wildman–Crippen LogP) is 1.78. The van der Waals surface area contributed by atoms with Crippen molar-refractivity contribution in [2.45, 2.75) is 13.8 Å². The molecule has 1 N–H and O–H groups in total. The minimum atomic E-state index is -0.652. The second-order valence-corrected chi connectivity index (χ2v) is 4.08. The van der Waals surface area contributed by atoms with Crippen LogP contribution in [0.4, 0.5) is 5.69 Å². The third kappa shape index (κ3) is 2.76. The molecule has 0 radical (unpaired) electrons. The lowest BCUT2D eigenvalue weighted by molar-refractivity contribution is -0.139. The number of aryl methyl sites for hydroxylation is 1. The molecule has 1 aliphatic rings. The molecule has 19 heavy (non-hydrogen) atoms. The van der Waals surface area contributed by atoms with Crippen LogP contribution >= 0.6 is 0 Å². The molecule has 1 aromatic rings. The van der Waals surface area contributed by atoms with Gasteiger partial charge in [0.1, 0.15) is 0 Å². The van der Waals surface area contributed by atoms with E-state index in [0.717, 1.165) is 11.3 Å². The lowest BCUT2D eigenvalue weighted by Gasteiger charge is -2.10. The first-order chi connectivity index (χ1) is 9.13. The van der Waals surface area contributed by atoms with Gasteiger partial charge in [0.05, 0.1) is 6.61 Å². The van der Waals surface area contributed by atoms with Crippen molar-refractivity contribution in [3.05, 3.63) is 41.3 Å². The van der Waals surface area contributed by atoms with Crippen molar-refractivity contribution in [3.63, 3.8) is 0 Å². The van der Waals surface area contributed by atoms with Crippen LogP contribution in [0.3, 0.4) is 0 Å². The van der Waals surface area contributed by atoms with Crippen molar-refractivity contribution >= 4 is 17.4 Å². The molecule has 1 heterocycles. The first kappa shape index (κ1) is 13.1. The van der Waals surface area contributed by atoms with Crippen LogP contribution in [-0.2, 0) is 19.1 Å². The first-order valence-corrected chi connectivity index (χ1v) is 6.03. The molecule has 0 atom stereocenters. The van der Waals surface area contributed by atoms with Crippen molar-refractivity contribution in [2.75, 3.05) is 18.5 Å². The molecule has 0 aromatic heterocycles. The summed E-state index contributed by atoms with van der Waals surface area (Å²) in [7, 11) is 0. The number of carbonyl (C=O) groups is 2. The quantitative estimate of drug-likeness (QED) is 0.661. The molecule has 0 bridgehead atoms. The molecule has 0 amide bonds. The lowest BCUT2D eigenvalue weighted by atomic mass is 10.2. The first-order valence-electron chi connectivity index (χ1n) is 6.03. The van der Waals surface area contributed by atoms with E-state index in [1.807, 2.05) is 31.2 Å². The standard InChI is InChI=1S/C14H15NO4/c1-3-18-14(17)12-11(16)8-19-13(12)15-10-7-5-4-6-9(10)2/h4-7,15H,3,8H2,1-2H3. The number of anilines is 1. The normalized spacial score (nSPS) is 14.3. The fourth-order valence-corrected chi connectivity index (χ4v) is 1.75. The Morgan fingerprint density at radius 3 is 2.84 bits per heavy atom. The van der Waals surface area contributed by atoms with E-state index >= 15 is 0 Å². The largest absolute Gasteiger partial charge is 0.470 e. The molecule has 0 unspecified atom stereocenters. The highest BCUT2D eigenvalue weighted by molar-refractivity contribution is 6.19. The van der Waals surface area contributed by atoms with Gasteiger partial charge in [0.2, 0.25) is 11.7 Å². The van der Waals surface area contributed by atoms with Crippen molar-refractivity contribution in [3.8, 4) is 0 Å². The molecule has 0 saturated carbocycles. The average molecular weight is 261 g/mol. The van der Waals surface area contributed by atoms with Gasteiger partial charge in [-0.15, -0.1) is 0 Å². The third-order valence-corrected chi connectivity index (χ3v) is 2.73. The van der Waals surface area contributed by atoms with Gasteiger partial charge in [-0.1, -0.05) is 18.2 Å². The summed E-state index contributed by atoms with van der Waals surface area (Å²) in [5.41, 5.74) is 1.72. The molecule has 0 aliphatic carbocycles. The van der Waals surface area contributed by atoms with E-state index in [4.69, 9.17) is 9.47 Å². The van der Waals surface area contributed by atoms with E-state index in [-0.39, 0.29) is 30.5 Å². The minimum absolute atomic E-state index is 0.0508. The van der Waals surface area contributed by atoms with Crippen LogP contribution in [0, 0.1) is 6.92 Å². The van der Waals surface area contributed by atoms with E-state index in [2.05, 4.69) is 5.32 Å². The van der Waals surface area contributed by atoms with Crippen LogP contribution < -0.4 is 5.32 Å². The Morgan fingerprint density at radius 2 is 2.16 bits per heavy atom. The number of carbonyl (C=O) groups excluding carboxylic acids is 2. The van der Waals surface area contributed by atoms with Crippen LogP contribution in [0.2, 0.25) is 0 Å². The number of rotatable bonds is 4. The SMILES string of the molecule is CCOC(=O)C1=C(Nc2ccccc2C)OCC1=O. The number of hydrogen-bond donors (Lipinski definition) is 1. The van der Waals surface area contributed by atoms with Gasteiger partial charge in [-0.05, 0) is 25.5 Å². The van der Waals surface area contributed by atoms with Crippen molar-refractivity contribution in [2.24, 2.45) is 0 Å². The maximum atomic E-state index is 11.7. The van der Waals surface area contributed by atoms with Crippen LogP contribution in [0.15, 0.2) is 35.7 Å². The lowest BCUT2D eigenvalue weighted by Crippen LogP contribution is -2.16. The average Bonchev–Trinajstić information content (AvgIpc) is 2.74. The summed E-state index contributed by atoms with van der Waals surface area (Å²) in [6.07, 6.45) is 0. The monoisotopic (exact) mass is 261 g/mol. The second kappa shape index (κ2) is 5.56. The molecule has 5 heteroatoms. The molecule has 0 saturated heterocycles. The number of hydrogen-bond acceptors (Lipinski definition) is 5. The molecule has 0 spiro atoms. The summed E-state index contributed by atoms with van der Waals surface area (Å²) in [6, 6.07) is 7.53. The third-order valence-electron chi connectivity index (χ3n) is 2.73. The second-order valence-electron chi connectivity index (χ2n) is 4.08. The number of nitrogens with one attached hydrogen (secondary N) is 1. The number of ether oxygens (including phenoxy) is 2. The van der Waals surface area contributed by atoms with Gasteiger partial charge in [0, 0.05) is 5.69 Å². The summed E-state index contributed by atoms with van der Waals surface area (Å²) >= 11 is 0. The Balaban J connectivity index is 2.28. The minimum Gasteiger partial charge on any atom is -0.470 e. The summed E-state index contributed by atoms with van der Waals surface area (Å²) in [5.74, 6) is -0.853. The van der Waals surface area contributed by atoms with Gasteiger partial charge in [-0.3, -0.25) is 4.79 Å². The number of esters is 1. The number of benzene rings is 1. The maximum absolute atomic E-state index is 11.7. The molecule has 0 fully saturated rings. The molecule has 100 valence electrons. The van der Waals surface area contributed by atoms with E-state index < -0.39 is 5.97 Å². The zero-order chi connectivity index (χ0) is 13.8. The predicted molar refractivity (Wildman–Crippen MR) is 69.4 cm³/mol. The fourth-order valence-electron chi connectivity index (χ4n) is 1.75. The molecule has 1 aliphatic heterocycles. The van der Waals surface area contributed by atoms with Crippen molar-refractivity contribution in [1.82, 2.24) is 0 Å². The van der Waals surface area contributed by atoms with Gasteiger partial charge in [0.25, 0.3) is 0 Å². The summed E-state index contributed by atoms with van der Waals surface area (Å²) in [6.45, 7) is 3.69. The summed E-state index contributed by atoms with van der Waals surface area (Å²) < 4.78 is 10.1. The summed E-state index contributed by atoms with van der Waals surface area (Å²) in [4.78, 5) is 23.4. The fraction of sp³-hybridized carbons (Fsp3) is 0.286. The van der Waals surface area contributed by atoms with Crippen LogP contribution in [0.5, 0.6) is 0 Å². The topological polar surface area (TPSA) is 64.6 Å². The zero-order valence-electron chi connectivity index (χ0n) is 10.9. The van der Waals surface area contributed by atoms with Gasteiger partial charge in [0.15, 0.2) is 12.2 Å². The Bertz CT molecular complexity index is 548. The van der Waals surface area contributed by atoms with Gasteiger partial charge < -0.3 is 14.8 Å². The van der Waals surface area contributed by atoms with Crippen LogP contribution in [0.1, 0.15) is 12.5 Å².